The highest BCUT2D eigenvalue weighted by Gasteiger charge is 2.07. The summed E-state index contributed by atoms with van der Waals surface area (Å²) in [6, 6.07) is 24.3. The highest BCUT2D eigenvalue weighted by atomic mass is 35.5. The van der Waals surface area contributed by atoms with Gasteiger partial charge in [0, 0.05) is 11.6 Å². The molecule has 1 N–H and O–H groups in total. The van der Waals surface area contributed by atoms with E-state index in [0.29, 0.717) is 18.2 Å². The van der Waals surface area contributed by atoms with Crippen LogP contribution in [0.5, 0.6) is 11.5 Å². The Hall–Kier alpha value is -2.49. The Morgan fingerprint density at radius 3 is 2.39 bits per heavy atom. The number of hydrogen-bond acceptors (Lipinski definition) is 3. The van der Waals surface area contributed by atoms with Crippen LogP contribution in [0.4, 0.5) is 0 Å². The van der Waals surface area contributed by atoms with Crippen LogP contribution in [0.15, 0.2) is 72.8 Å². The van der Waals surface area contributed by atoms with Gasteiger partial charge in [-0.2, -0.15) is 0 Å². The second kappa shape index (κ2) is 10.7. The maximum absolute atomic E-state index is 6.04. The molecule has 0 aliphatic rings. The summed E-state index contributed by atoms with van der Waals surface area (Å²) in [4.78, 5) is 0. The number of nitrogens with one attached hydrogen (secondary N) is 1. The molecule has 0 saturated heterocycles. The molecule has 0 amide bonds. The van der Waals surface area contributed by atoms with E-state index in [-0.39, 0.29) is 0 Å². The molecular formula is C24H26ClNO2. The standard InChI is InChI=1S/C24H26ClNO2/c1-2-27-24-16-20(17-26-14-13-19-7-4-3-5-8-19)11-12-23(24)28-18-21-9-6-10-22(25)15-21/h3-12,15-16,26H,2,13-14,17-18H2,1H3. The van der Waals surface area contributed by atoms with Crippen molar-refractivity contribution in [1.29, 1.82) is 0 Å². The van der Waals surface area contributed by atoms with Crippen LogP contribution in [0.1, 0.15) is 23.6 Å². The molecule has 4 heteroatoms. The molecule has 0 heterocycles. The lowest BCUT2D eigenvalue weighted by atomic mass is 10.1. The summed E-state index contributed by atoms with van der Waals surface area (Å²) in [5.41, 5.74) is 3.54. The average Bonchev–Trinajstić information content (AvgIpc) is 2.72. The van der Waals surface area contributed by atoms with E-state index in [1.807, 2.05) is 49.4 Å². The van der Waals surface area contributed by atoms with Crippen molar-refractivity contribution in [3.63, 3.8) is 0 Å². The van der Waals surface area contributed by atoms with Gasteiger partial charge in [0.2, 0.25) is 0 Å². The third kappa shape index (κ3) is 6.29. The lowest BCUT2D eigenvalue weighted by Gasteiger charge is -2.14. The smallest absolute Gasteiger partial charge is 0.161 e. The molecule has 0 aromatic heterocycles. The Balaban J connectivity index is 1.55. The molecule has 0 bridgehead atoms. The second-order valence-electron chi connectivity index (χ2n) is 6.55. The number of rotatable bonds is 10. The molecule has 0 fully saturated rings. The second-order valence-corrected chi connectivity index (χ2v) is 6.98. The molecule has 3 nitrogen and oxygen atoms in total. The van der Waals surface area contributed by atoms with E-state index in [1.165, 1.54) is 11.1 Å². The maximum Gasteiger partial charge on any atom is 0.161 e. The van der Waals surface area contributed by atoms with Crippen LogP contribution in [0, 0.1) is 0 Å². The third-order valence-corrected chi connectivity index (χ3v) is 4.59. The number of benzene rings is 3. The van der Waals surface area contributed by atoms with Gasteiger partial charge in [0.1, 0.15) is 6.61 Å². The van der Waals surface area contributed by atoms with E-state index >= 15 is 0 Å². The van der Waals surface area contributed by atoms with Crippen molar-refractivity contribution in [2.75, 3.05) is 13.2 Å². The van der Waals surface area contributed by atoms with Crippen molar-refractivity contribution >= 4 is 11.6 Å². The molecule has 0 radical (unpaired) electrons. The van der Waals surface area contributed by atoms with Gasteiger partial charge in [-0.3, -0.25) is 0 Å². The molecular weight excluding hydrogens is 370 g/mol. The largest absolute Gasteiger partial charge is 0.490 e. The Kier molecular flexibility index (Phi) is 7.77. The summed E-state index contributed by atoms with van der Waals surface area (Å²) >= 11 is 6.04. The summed E-state index contributed by atoms with van der Waals surface area (Å²) in [5.74, 6) is 1.52. The van der Waals surface area contributed by atoms with E-state index in [9.17, 15) is 0 Å². The topological polar surface area (TPSA) is 30.5 Å². The van der Waals surface area contributed by atoms with Gasteiger partial charge in [0.15, 0.2) is 11.5 Å². The third-order valence-electron chi connectivity index (χ3n) is 4.35. The molecule has 3 aromatic carbocycles. The van der Waals surface area contributed by atoms with Gasteiger partial charge in [0.25, 0.3) is 0 Å². The monoisotopic (exact) mass is 395 g/mol. The molecule has 0 spiro atoms. The highest BCUT2D eigenvalue weighted by Crippen LogP contribution is 2.29. The zero-order chi connectivity index (χ0) is 19.6. The van der Waals surface area contributed by atoms with Gasteiger partial charge < -0.3 is 14.8 Å². The first-order valence-electron chi connectivity index (χ1n) is 9.62. The first kappa shape index (κ1) is 20.2. The molecule has 0 aliphatic heterocycles. The van der Waals surface area contributed by atoms with Crippen LogP contribution < -0.4 is 14.8 Å². The quantitative estimate of drug-likeness (QED) is 0.450. The molecule has 0 atom stereocenters. The van der Waals surface area contributed by atoms with Crippen LogP contribution in [-0.2, 0) is 19.6 Å². The molecule has 146 valence electrons. The predicted molar refractivity (Wildman–Crippen MR) is 115 cm³/mol. The van der Waals surface area contributed by atoms with Crippen LogP contribution in [-0.4, -0.2) is 13.2 Å². The lowest BCUT2D eigenvalue weighted by molar-refractivity contribution is 0.269. The van der Waals surface area contributed by atoms with E-state index in [1.54, 1.807) is 0 Å². The zero-order valence-electron chi connectivity index (χ0n) is 16.2. The molecule has 3 rings (SSSR count). The van der Waals surface area contributed by atoms with Crippen molar-refractivity contribution in [2.24, 2.45) is 0 Å². The van der Waals surface area contributed by atoms with Crippen molar-refractivity contribution in [3.05, 3.63) is 94.5 Å². The van der Waals surface area contributed by atoms with Crippen LogP contribution >= 0.6 is 11.6 Å². The van der Waals surface area contributed by atoms with Crippen LogP contribution in [0.25, 0.3) is 0 Å². The van der Waals surface area contributed by atoms with Crippen molar-refractivity contribution in [2.45, 2.75) is 26.5 Å². The molecule has 0 saturated carbocycles. The maximum atomic E-state index is 6.04. The van der Waals surface area contributed by atoms with E-state index in [2.05, 4.69) is 35.6 Å². The molecule has 3 aromatic rings. The summed E-state index contributed by atoms with van der Waals surface area (Å²) in [7, 11) is 0. The minimum absolute atomic E-state index is 0.454. The van der Waals surface area contributed by atoms with Gasteiger partial charge in [-0.15, -0.1) is 0 Å². The fraction of sp³-hybridized carbons (Fsp3) is 0.250. The SMILES string of the molecule is CCOc1cc(CNCCc2ccccc2)ccc1OCc1cccc(Cl)c1. The van der Waals surface area contributed by atoms with Gasteiger partial charge in [0.05, 0.1) is 6.61 Å². The van der Waals surface area contributed by atoms with E-state index in [0.717, 1.165) is 36.6 Å². The van der Waals surface area contributed by atoms with Gasteiger partial charge in [-0.05, 0) is 60.8 Å². The van der Waals surface area contributed by atoms with Crippen molar-refractivity contribution in [3.8, 4) is 11.5 Å². The number of ether oxygens (including phenoxy) is 2. The van der Waals surface area contributed by atoms with Gasteiger partial charge >= 0.3 is 0 Å². The number of halogens is 1. The summed E-state index contributed by atoms with van der Waals surface area (Å²) in [6.45, 7) is 4.75. The summed E-state index contributed by atoms with van der Waals surface area (Å²) in [6.07, 6.45) is 1.01. The first-order valence-corrected chi connectivity index (χ1v) is 10.00. The van der Waals surface area contributed by atoms with Crippen molar-refractivity contribution < 1.29 is 9.47 Å². The highest BCUT2D eigenvalue weighted by molar-refractivity contribution is 6.30. The molecule has 0 aliphatic carbocycles. The normalized spacial score (nSPS) is 10.6. The van der Waals surface area contributed by atoms with Crippen LogP contribution in [0.3, 0.4) is 0 Å². The van der Waals surface area contributed by atoms with E-state index in [4.69, 9.17) is 21.1 Å². The fourth-order valence-corrected chi connectivity index (χ4v) is 3.16. The van der Waals surface area contributed by atoms with Crippen LogP contribution in [0.2, 0.25) is 5.02 Å². The molecule has 0 unspecified atom stereocenters. The fourth-order valence-electron chi connectivity index (χ4n) is 2.95. The summed E-state index contributed by atoms with van der Waals surface area (Å²) in [5, 5.41) is 4.20. The predicted octanol–water partition coefficient (Wildman–Crippen LogP) is 5.65. The Bertz CT molecular complexity index is 867. The van der Waals surface area contributed by atoms with E-state index < -0.39 is 0 Å². The summed E-state index contributed by atoms with van der Waals surface area (Å²) < 4.78 is 11.8. The minimum Gasteiger partial charge on any atom is -0.490 e. The average molecular weight is 396 g/mol. The Morgan fingerprint density at radius 1 is 0.786 bits per heavy atom. The van der Waals surface area contributed by atoms with Crippen molar-refractivity contribution in [1.82, 2.24) is 5.32 Å². The minimum atomic E-state index is 0.454. The zero-order valence-corrected chi connectivity index (χ0v) is 16.9. The number of hydrogen-bond donors (Lipinski definition) is 1. The Labute approximate surface area is 172 Å². The lowest BCUT2D eigenvalue weighted by Crippen LogP contribution is -2.16. The molecule has 28 heavy (non-hydrogen) atoms. The Morgan fingerprint density at radius 2 is 1.61 bits per heavy atom. The van der Waals surface area contributed by atoms with Gasteiger partial charge in [-0.1, -0.05) is 60.1 Å². The van der Waals surface area contributed by atoms with Gasteiger partial charge in [-0.25, -0.2) is 0 Å². The first-order chi connectivity index (χ1) is 13.7.